The molecule has 2 aromatic rings. The molecule has 0 heterocycles. The maximum absolute atomic E-state index is 12.6. The highest BCUT2D eigenvalue weighted by atomic mass is 32.2. The lowest BCUT2D eigenvalue weighted by atomic mass is 10.0. The molecule has 0 saturated carbocycles. The summed E-state index contributed by atoms with van der Waals surface area (Å²) in [5.41, 5.74) is 5.41. The second-order valence-electron chi connectivity index (χ2n) is 7.46. The summed E-state index contributed by atoms with van der Waals surface area (Å²) in [6, 6.07) is 13.4. The standard InChI is InChI=1S/C22H28N2O3S/c1-4-17-8-12-21(13-9-17)24(28(3,26)27)15-22(25)23-16(2)19-11-10-18-6-5-7-20(18)14-19/h8-14,16H,4-7,15H2,1-3H3,(H,23,25)/t16-/m0/s1. The fourth-order valence-electron chi connectivity index (χ4n) is 3.66. The van der Waals surface area contributed by atoms with E-state index in [4.69, 9.17) is 0 Å². The van der Waals surface area contributed by atoms with Gasteiger partial charge in [0.2, 0.25) is 15.9 Å². The van der Waals surface area contributed by atoms with Gasteiger partial charge >= 0.3 is 0 Å². The van der Waals surface area contributed by atoms with Crippen molar-refractivity contribution < 1.29 is 13.2 Å². The van der Waals surface area contributed by atoms with Crippen LogP contribution in [0.4, 0.5) is 5.69 Å². The number of nitrogens with zero attached hydrogens (tertiary/aromatic N) is 1. The van der Waals surface area contributed by atoms with Crippen molar-refractivity contribution in [2.24, 2.45) is 0 Å². The Balaban J connectivity index is 1.71. The van der Waals surface area contributed by atoms with Crippen LogP contribution in [-0.4, -0.2) is 27.1 Å². The molecule has 0 bridgehead atoms. The van der Waals surface area contributed by atoms with Gasteiger partial charge in [-0.15, -0.1) is 0 Å². The first-order valence-electron chi connectivity index (χ1n) is 9.75. The van der Waals surface area contributed by atoms with Crippen molar-refractivity contribution in [2.75, 3.05) is 17.1 Å². The van der Waals surface area contributed by atoms with Gasteiger partial charge in [-0.25, -0.2) is 8.42 Å². The summed E-state index contributed by atoms with van der Waals surface area (Å²) >= 11 is 0. The Kier molecular flexibility index (Phi) is 6.08. The number of hydrogen-bond donors (Lipinski definition) is 1. The summed E-state index contributed by atoms with van der Waals surface area (Å²) in [7, 11) is -3.57. The van der Waals surface area contributed by atoms with Crippen molar-refractivity contribution in [3.05, 3.63) is 64.7 Å². The van der Waals surface area contributed by atoms with Crippen LogP contribution in [0.2, 0.25) is 0 Å². The smallest absolute Gasteiger partial charge is 0.241 e. The van der Waals surface area contributed by atoms with Crippen LogP contribution in [-0.2, 0) is 34.1 Å². The number of sulfonamides is 1. The van der Waals surface area contributed by atoms with E-state index in [1.807, 2.05) is 32.0 Å². The number of nitrogens with one attached hydrogen (secondary N) is 1. The lowest BCUT2D eigenvalue weighted by Crippen LogP contribution is -2.41. The summed E-state index contributed by atoms with van der Waals surface area (Å²) in [5.74, 6) is -0.321. The number of carbonyl (C=O) groups is 1. The Morgan fingerprint density at radius 2 is 1.79 bits per heavy atom. The second-order valence-corrected chi connectivity index (χ2v) is 9.37. The van der Waals surface area contributed by atoms with Crippen molar-refractivity contribution >= 4 is 21.6 Å². The zero-order valence-electron chi connectivity index (χ0n) is 16.7. The summed E-state index contributed by atoms with van der Waals surface area (Å²) in [5, 5.41) is 2.94. The topological polar surface area (TPSA) is 66.5 Å². The van der Waals surface area contributed by atoms with Gasteiger partial charge in [0, 0.05) is 0 Å². The number of amides is 1. The third-order valence-corrected chi connectivity index (χ3v) is 6.46. The maximum Gasteiger partial charge on any atom is 0.241 e. The van der Waals surface area contributed by atoms with Gasteiger partial charge in [-0.3, -0.25) is 9.10 Å². The van der Waals surface area contributed by atoms with Gasteiger partial charge in [0.05, 0.1) is 18.0 Å². The SMILES string of the molecule is CCc1ccc(N(CC(=O)N[C@@H](C)c2ccc3c(c2)CCC3)S(C)(=O)=O)cc1. The van der Waals surface area contributed by atoms with Gasteiger partial charge < -0.3 is 5.32 Å². The molecule has 150 valence electrons. The number of benzene rings is 2. The van der Waals surface area contributed by atoms with Crippen molar-refractivity contribution in [1.29, 1.82) is 0 Å². The highest BCUT2D eigenvalue weighted by molar-refractivity contribution is 7.92. The van der Waals surface area contributed by atoms with Crippen LogP contribution >= 0.6 is 0 Å². The average molecular weight is 401 g/mol. The molecule has 0 unspecified atom stereocenters. The zero-order chi connectivity index (χ0) is 20.3. The largest absolute Gasteiger partial charge is 0.348 e. The Labute approximate surface area is 167 Å². The monoisotopic (exact) mass is 400 g/mol. The van der Waals surface area contributed by atoms with E-state index in [1.54, 1.807) is 12.1 Å². The first kappa shape index (κ1) is 20.4. The van der Waals surface area contributed by atoms with E-state index in [9.17, 15) is 13.2 Å². The molecular weight excluding hydrogens is 372 g/mol. The zero-order valence-corrected chi connectivity index (χ0v) is 17.6. The number of hydrogen-bond acceptors (Lipinski definition) is 3. The van der Waals surface area contributed by atoms with Gasteiger partial charge in [0.1, 0.15) is 6.54 Å². The normalized spacial score (nSPS) is 14.4. The minimum absolute atomic E-state index is 0.178. The van der Waals surface area contributed by atoms with E-state index in [1.165, 1.54) is 17.5 Å². The molecule has 1 amide bonds. The van der Waals surface area contributed by atoms with Crippen molar-refractivity contribution in [1.82, 2.24) is 5.32 Å². The summed E-state index contributed by atoms with van der Waals surface area (Å²) in [6.45, 7) is 3.73. The molecule has 2 aromatic carbocycles. The van der Waals surface area contributed by atoms with Gasteiger partial charge in [-0.05, 0) is 67.0 Å². The van der Waals surface area contributed by atoms with E-state index in [-0.39, 0.29) is 18.5 Å². The fraction of sp³-hybridized carbons (Fsp3) is 0.409. The van der Waals surface area contributed by atoms with E-state index in [0.29, 0.717) is 5.69 Å². The molecule has 5 nitrogen and oxygen atoms in total. The van der Waals surface area contributed by atoms with Gasteiger partial charge in [-0.1, -0.05) is 37.3 Å². The summed E-state index contributed by atoms with van der Waals surface area (Å²) < 4.78 is 25.7. The predicted molar refractivity (Wildman–Crippen MR) is 113 cm³/mol. The molecule has 0 saturated heterocycles. The lowest BCUT2D eigenvalue weighted by molar-refractivity contribution is -0.120. The molecule has 28 heavy (non-hydrogen) atoms. The summed E-state index contributed by atoms with van der Waals surface area (Å²) in [4.78, 5) is 12.6. The first-order valence-corrected chi connectivity index (χ1v) is 11.6. The van der Waals surface area contributed by atoms with E-state index in [2.05, 4.69) is 17.4 Å². The maximum atomic E-state index is 12.6. The van der Waals surface area contributed by atoms with Crippen LogP contribution in [0.25, 0.3) is 0 Å². The van der Waals surface area contributed by atoms with E-state index >= 15 is 0 Å². The molecule has 0 aromatic heterocycles. The highest BCUT2D eigenvalue weighted by Crippen LogP contribution is 2.25. The first-order chi connectivity index (χ1) is 13.3. The number of anilines is 1. The fourth-order valence-corrected chi connectivity index (χ4v) is 4.52. The van der Waals surface area contributed by atoms with Crippen LogP contribution in [0, 0.1) is 0 Å². The molecule has 1 N–H and O–H groups in total. The third kappa shape index (κ3) is 4.73. The van der Waals surface area contributed by atoms with Gasteiger partial charge in [-0.2, -0.15) is 0 Å². The summed E-state index contributed by atoms with van der Waals surface area (Å²) in [6.07, 6.45) is 5.38. The van der Waals surface area contributed by atoms with Crippen LogP contribution in [0.3, 0.4) is 0 Å². The van der Waals surface area contributed by atoms with Crippen LogP contribution in [0.5, 0.6) is 0 Å². The van der Waals surface area contributed by atoms with Crippen molar-refractivity contribution in [3.8, 4) is 0 Å². The van der Waals surface area contributed by atoms with Crippen molar-refractivity contribution in [3.63, 3.8) is 0 Å². The molecule has 6 heteroatoms. The molecule has 1 atom stereocenters. The number of aryl methyl sites for hydroxylation is 3. The molecule has 0 fully saturated rings. The van der Waals surface area contributed by atoms with E-state index < -0.39 is 10.0 Å². The molecular formula is C22H28N2O3S. The Bertz CT molecular complexity index is 952. The van der Waals surface area contributed by atoms with Gasteiger partial charge in [0.25, 0.3) is 0 Å². The average Bonchev–Trinajstić information content (AvgIpc) is 3.13. The predicted octanol–water partition coefficient (Wildman–Crippen LogP) is 3.38. The third-order valence-electron chi connectivity index (χ3n) is 5.32. The van der Waals surface area contributed by atoms with Crippen LogP contribution < -0.4 is 9.62 Å². The molecule has 0 aliphatic heterocycles. The minimum atomic E-state index is -3.57. The minimum Gasteiger partial charge on any atom is -0.348 e. The highest BCUT2D eigenvalue weighted by Gasteiger charge is 2.22. The Morgan fingerprint density at radius 1 is 1.11 bits per heavy atom. The van der Waals surface area contributed by atoms with Crippen LogP contribution in [0.1, 0.15) is 48.6 Å². The molecule has 0 radical (unpaired) electrons. The molecule has 3 rings (SSSR count). The van der Waals surface area contributed by atoms with Gasteiger partial charge in [0.15, 0.2) is 0 Å². The molecule has 1 aliphatic carbocycles. The molecule has 0 spiro atoms. The van der Waals surface area contributed by atoms with Crippen LogP contribution in [0.15, 0.2) is 42.5 Å². The Hall–Kier alpha value is -2.34. The lowest BCUT2D eigenvalue weighted by Gasteiger charge is -2.23. The Morgan fingerprint density at radius 3 is 2.43 bits per heavy atom. The number of carbonyl (C=O) groups excluding carboxylic acids is 1. The number of fused-ring (bicyclic) bond motifs is 1. The van der Waals surface area contributed by atoms with Crippen molar-refractivity contribution in [2.45, 2.75) is 45.6 Å². The van der Waals surface area contributed by atoms with E-state index in [0.717, 1.165) is 41.0 Å². The quantitative estimate of drug-likeness (QED) is 0.775. The molecule has 1 aliphatic rings. The second kappa shape index (κ2) is 8.35. The number of rotatable bonds is 7.